The van der Waals surface area contributed by atoms with Gasteiger partial charge in [-0.2, -0.15) is 0 Å². The smallest absolute Gasteiger partial charge is 0.269 e. The number of hydrogen-bond donors (Lipinski definition) is 1. The molecule has 2 atom stereocenters. The molecule has 2 unspecified atom stereocenters. The highest BCUT2D eigenvalue weighted by molar-refractivity contribution is 5.92. The van der Waals surface area contributed by atoms with Crippen molar-refractivity contribution < 1.29 is 9.53 Å². The van der Waals surface area contributed by atoms with E-state index in [0.29, 0.717) is 18.3 Å². The van der Waals surface area contributed by atoms with E-state index < -0.39 is 0 Å². The molecule has 1 amide bonds. The molecule has 3 rings (SSSR count). The van der Waals surface area contributed by atoms with Crippen LogP contribution < -0.4 is 5.32 Å². The molecular weight excluding hydrogens is 242 g/mol. The maximum atomic E-state index is 11.9. The zero-order valence-corrected chi connectivity index (χ0v) is 10.9. The maximum absolute atomic E-state index is 11.9. The molecule has 1 aromatic rings. The minimum Gasteiger partial charge on any atom is -0.373 e. The van der Waals surface area contributed by atoms with E-state index in [1.807, 2.05) is 6.07 Å². The van der Waals surface area contributed by atoms with E-state index in [2.05, 4.69) is 15.2 Å². The standard InChI is InChI=1S/C14H19N3O2/c18-14(13-5-1-2-6-15-13)16-8-12-9-17-7-3-4-11(17)10-19-12/h1-2,5-6,11-12H,3-4,7-10H2,(H,16,18). The Balaban J connectivity index is 1.49. The molecule has 2 aliphatic rings. The Morgan fingerprint density at radius 3 is 3.32 bits per heavy atom. The first-order valence-corrected chi connectivity index (χ1v) is 6.88. The Kier molecular flexibility index (Phi) is 3.75. The number of aromatic nitrogens is 1. The van der Waals surface area contributed by atoms with Gasteiger partial charge in [0.05, 0.1) is 12.7 Å². The van der Waals surface area contributed by atoms with Crippen molar-refractivity contribution in [3.63, 3.8) is 0 Å². The van der Waals surface area contributed by atoms with Crippen LogP contribution in [0.5, 0.6) is 0 Å². The number of hydrogen-bond acceptors (Lipinski definition) is 4. The summed E-state index contributed by atoms with van der Waals surface area (Å²) in [5, 5.41) is 2.90. The summed E-state index contributed by atoms with van der Waals surface area (Å²) >= 11 is 0. The fourth-order valence-corrected chi connectivity index (χ4v) is 2.80. The van der Waals surface area contributed by atoms with Crippen LogP contribution in [-0.2, 0) is 4.74 Å². The monoisotopic (exact) mass is 261 g/mol. The van der Waals surface area contributed by atoms with E-state index in [1.54, 1.807) is 18.3 Å². The average molecular weight is 261 g/mol. The summed E-state index contributed by atoms with van der Waals surface area (Å²) < 4.78 is 5.80. The lowest BCUT2D eigenvalue weighted by Gasteiger charge is -2.35. The second kappa shape index (κ2) is 5.67. The summed E-state index contributed by atoms with van der Waals surface area (Å²) in [6, 6.07) is 5.93. The van der Waals surface area contributed by atoms with Crippen LogP contribution >= 0.6 is 0 Å². The summed E-state index contributed by atoms with van der Waals surface area (Å²) in [7, 11) is 0. The van der Waals surface area contributed by atoms with Gasteiger partial charge in [-0.15, -0.1) is 0 Å². The minimum absolute atomic E-state index is 0.0991. The Labute approximate surface area is 113 Å². The van der Waals surface area contributed by atoms with Crippen LogP contribution in [0.4, 0.5) is 0 Å². The molecule has 2 aliphatic heterocycles. The first kappa shape index (κ1) is 12.6. The van der Waals surface area contributed by atoms with Gasteiger partial charge >= 0.3 is 0 Å². The quantitative estimate of drug-likeness (QED) is 0.869. The van der Waals surface area contributed by atoms with Crippen LogP contribution in [-0.4, -0.2) is 54.2 Å². The second-order valence-corrected chi connectivity index (χ2v) is 5.17. The first-order chi connectivity index (χ1) is 9.33. The SMILES string of the molecule is O=C(NCC1CN2CCCC2CO1)c1ccccn1. The van der Waals surface area contributed by atoms with E-state index in [9.17, 15) is 4.79 Å². The Morgan fingerprint density at radius 2 is 2.47 bits per heavy atom. The number of nitrogens with one attached hydrogen (secondary N) is 1. The van der Waals surface area contributed by atoms with Crippen molar-refractivity contribution in [3.05, 3.63) is 30.1 Å². The summed E-state index contributed by atoms with van der Waals surface area (Å²) in [4.78, 5) is 18.4. The predicted octanol–water partition coefficient (Wildman–Crippen LogP) is 0.675. The lowest BCUT2D eigenvalue weighted by Crippen LogP contribution is -2.50. The zero-order chi connectivity index (χ0) is 13.1. The predicted molar refractivity (Wildman–Crippen MR) is 70.9 cm³/mol. The van der Waals surface area contributed by atoms with Gasteiger partial charge in [-0.3, -0.25) is 14.7 Å². The molecule has 0 bridgehead atoms. The van der Waals surface area contributed by atoms with Crippen molar-refractivity contribution in [2.45, 2.75) is 25.0 Å². The normalized spacial score (nSPS) is 26.9. The highest BCUT2D eigenvalue weighted by Gasteiger charge is 2.32. The number of nitrogens with zero attached hydrogens (tertiary/aromatic N) is 2. The third kappa shape index (κ3) is 2.93. The number of amides is 1. The molecule has 2 fully saturated rings. The number of ether oxygens (including phenoxy) is 1. The first-order valence-electron chi connectivity index (χ1n) is 6.88. The third-order valence-corrected chi connectivity index (χ3v) is 3.85. The Bertz CT molecular complexity index is 438. The Morgan fingerprint density at radius 1 is 1.53 bits per heavy atom. The topological polar surface area (TPSA) is 54.5 Å². The van der Waals surface area contributed by atoms with Crippen LogP contribution in [0.1, 0.15) is 23.3 Å². The summed E-state index contributed by atoms with van der Waals surface area (Å²) in [5.74, 6) is -0.132. The average Bonchev–Trinajstić information content (AvgIpc) is 2.93. The number of carbonyl (C=O) groups is 1. The van der Waals surface area contributed by atoms with Crippen molar-refractivity contribution in [1.29, 1.82) is 0 Å². The zero-order valence-electron chi connectivity index (χ0n) is 10.9. The van der Waals surface area contributed by atoms with Crippen molar-refractivity contribution >= 4 is 5.91 Å². The molecule has 0 saturated carbocycles. The van der Waals surface area contributed by atoms with Gasteiger partial charge in [0.25, 0.3) is 5.91 Å². The molecule has 0 radical (unpaired) electrons. The van der Waals surface area contributed by atoms with Crippen LogP contribution in [0.25, 0.3) is 0 Å². The molecule has 0 aromatic carbocycles. The molecule has 3 heterocycles. The Hall–Kier alpha value is -1.46. The summed E-state index contributed by atoms with van der Waals surface area (Å²) in [6.07, 6.45) is 4.23. The van der Waals surface area contributed by atoms with Crippen molar-refractivity contribution in [2.75, 3.05) is 26.2 Å². The number of carbonyl (C=O) groups excluding carboxylic acids is 1. The number of pyridine rings is 1. The van der Waals surface area contributed by atoms with Gasteiger partial charge in [-0.05, 0) is 31.5 Å². The second-order valence-electron chi connectivity index (χ2n) is 5.17. The van der Waals surface area contributed by atoms with Gasteiger partial charge in [0.1, 0.15) is 5.69 Å². The van der Waals surface area contributed by atoms with Gasteiger partial charge in [-0.25, -0.2) is 0 Å². The summed E-state index contributed by atoms with van der Waals surface area (Å²) in [6.45, 7) is 3.44. The minimum atomic E-state index is -0.132. The number of rotatable bonds is 3. The molecule has 0 aliphatic carbocycles. The number of morpholine rings is 1. The van der Waals surface area contributed by atoms with Crippen molar-refractivity contribution in [2.24, 2.45) is 0 Å². The molecule has 102 valence electrons. The van der Waals surface area contributed by atoms with Gasteiger partial charge in [0, 0.05) is 25.3 Å². The van der Waals surface area contributed by atoms with Crippen molar-refractivity contribution in [3.8, 4) is 0 Å². The largest absolute Gasteiger partial charge is 0.373 e. The third-order valence-electron chi connectivity index (χ3n) is 3.85. The molecule has 19 heavy (non-hydrogen) atoms. The van der Waals surface area contributed by atoms with Gasteiger partial charge in [0.15, 0.2) is 0 Å². The van der Waals surface area contributed by atoms with E-state index in [-0.39, 0.29) is 12.0 Å². The fourth-order valence-electron chi connectivity index (χ4n) is 2.80. The van der Waals surface area contributed by atoms with Gasteiger partial charge in [-0.1, -0.05) is 6.07 Å². The summed E-state index contributed by atoms with van der Waals surface area (Å²) in [5.41, 5.74) is 0.456. The van der Waals surface area contributed by atoms with Gasteiger partial charge < -0.3 is 10.1 Å². The highest BCUT2D eigenvalue weighted by atomic mass is 16.5. The van der Waals surface area contributed by atoms with Gasteiger partial charge in [0.2, 0.25) is 0 Å². The molecule has 2 saturated heterocycles. The van der Waals surface area contributed by atoms with Crippen LogP contribution in [0.15, 0.2) is 24.4 Å². The lowest BCUT2D eigenvalue weighted by atomic mass is 10.2. The van der Waals surface area contributed by atoms with E-state index in [4.69, 9.17) is 4.74 Å². The van der Waals surface area contributed by atoms with E-state index in [0.717, 1.165) is 13.2 Å². The molecule has 1 N–H and O–H groups in total. The molecule has 5 nitrogen and oxygen atoms in total. The van der Waals surface area contributed by atoms with E-state index >= 15 is 0 Å². The lowest BCUT2D eigenvalue weighted by molar-refractivity contribution is -0.0462. The van der Waals surface area contributed by atoms with Crippen LogP contribution in [0, 0.1) is 0 Å². The fraction of sp³-hybridized carbons (Fsp3) is 0.571. The maximum Gasteiger partial charge on any atom is 0.269 e. The molecule has 1 aromatic heterocycles. The molecule has 0 spiro atoms. The van der Waals surface area contributed by atoms with Crippen LogP contribution in [0.2, 0.25) is 0 Å². The van der Waals surface area contributed by atoms with Crippen molar-refractivity contribution in [1.82, 2.24) is 15.2 Å². The molecular formula is C14H19N3O2. The molecule has 5 heteroatoms. The highest BCUT2D eigenvalue weighted by Crippen LogP contribution is 2.22. The number of fused-ring (bicyclic) bond motifs is 1. The van der Waals surface area contributed by atoms with E-state index in [1.165, 1.54) is 19.4 Å². The van der Waals surface area contributed by atoms with Crippen LogP contribution in [0.3, 0.4) is 0 Å².